The highest BCUT2D eigenvalue weighted by Crippen LogP contribution is 2.26. The summed E-state index contributed by atoms with van der Waals surface area (Å²) in [5, 5.41) is 11.3. The van der Waals surface area contributed by atoms with Gasteiger partial charge in [-0.05, 0) is 25.0 Å². The predicted molar refractivity (Wildman–Crippen MR) is 71.1 cm³/mol. The van der Waals surface area contributed by atoms with Gasteiger partial charge in [0, 0.05) is 11.6 Å². The van der Waals surface area contributed by atoms with E-state index < -0.39 is 5.97 Å². The Morgan fingerprint density at radius 3 is 2.40 bits per heavy atom. The Bertz CT molecular complexity index is 511. The van der Waals surface area contributed by atoms with Gasteiger partial charge < -0.3 is 15.3 Å². The van der Waals surface area contributed by atoms with Crippen LogP contribution in [0.15, 0.2) is 30.3 Å². The molecule has 1 aliphatic rings. The number of aliphatic carboxylic acids is 1. The summed E-state index contributed by atoms with van der Waals surface area (Å²) in [6, 6.07) is 8.57. The van der Waals surface area contributed by atoms with Crippen molar-refractivity contribution in [1.29, 1.82) is 0 Å². The molecule has 0 aliphatic heterocycles. The average molecular weight is 276 g/mol. The van der Waals surface area contributed by atoms with Gasteiger partial charge >= 0.3 is 5.97 Å². The number of rotatable bonds is 6. The van der Waals surface area contributed by atoms with E-state index in [1.165, 1.54) is 4.90 Å². The maximum Gasteiger partial charge on any atom is 0.323 e. The first-order valence-electron chi connectivity index (χ1n) is 6.42. The molecule has 2 amide bonds. The van der Waals surface area contributed by atoms with Crippen molar-refractivity contribution < 1.29 is 19.5 Å². The first-order valence-corrected chi connectivity index (χ1v) is 6.42. The zero-order chi connectivity index (χ0) is 14.5. The first kappa shape index (κ1) is 14.0. The van der Waals surface area contributed by atoms with E-state index >= 15 is 0 Å². The van der Waals surface area contributed by atoms with Gasteiger partial charge in [-0.25, -0.2) is 0 Å². The zero-order valence-corrected chi connectivity index (χ0v) is 10.9. The Labute approximate surface area is 116 Å². The van der Waals surface area contributed by atoms with E-state index in [1.807, 2.05) is 0 Å². The summed E-state index contributed by atoms with van der Waals surface area (Å²) in [6.45, 7) is -0.498. The maximum atomic E-state index is 11.9. The molecule has 0 radical (unpaired) electrons. The summed E-state index contributed by atoms with van der Waals surface area (Å²) >= 11 is 0. The van der Waals surface area contributed by atoms with Crippen molar-refractivity contribution in [3.63, 3.8) is 0 Å². The number of carbonyl (C=O) groups is 3. The molecule has 0 bridgehead atoms. The summed E-state index contributed by atoms with van der Waals surface area (Å²) in [6.07, 6.45) is 1.65. The van der Waals surface area contributed by atoms with E-state index in [-0.39, 0.29) is 30.9 Å². The number of benzene rings is 1. The third kappa shape index (κ3) is 3.81. The molecule has 1 saturated carbocycles. The lowest BCUT2D eigenvalue weighted by atomic mass is 10.2. The maximum absolute atomic E-state index is 11.9. The molecule has 1 fully saturated rings. The van der Waals surface area contributed by atoms with Crippen LogP contribution < -0.4 is 5.32 Å². The van der Waals surface area contributed by atoms with Crippen LogP contribution in [0.1, 0.15) is 23.2 Å². The van der Waals surface area contributed by atoms with Crippen molar-refractivity contribution in [2.75, 3.05) is 13.1 Å². The minimum atomic E-state index is -1.04. The molecule has 0 unspecified atom stereocenters. The van der Waals surface area contributed by atoms with Crippen LogP contribution in [-0.4, -0.2) is 46.9 Å². The second-order valence-corrected chi connectivity index (χ2v) is 4.70. The summed E-state index contributed by atoms with van der Waals surface area (Å²) in [4.78, 5) is 35.8. The third-order valence-electron chi connectivity index (χ3n) is 3.05. The Kier molecular flexibility index (Phi) is 4.34. The summed E-state index contributed by atoms with van der Waals surface area (Å²) in [5.41, 5.74) is 0.469. The number of amides is 2. The minimum Gasteiger partial charge on any atom is -0.480 e. The second kappa shape index (κ2) is 6.18. The van der Waals surface area contributed by atoms with Gasteiger partial charge in [0.05, 0.1) is 6.54 Å². The van der Waals surface area contributed by atoms with Crippen LogP contribution in [0.2, 0.25) is 0 Å². The number of nitrogens with zero attached hydrogens (tertiary/aromatic N) is 1. The zero-order valence-electron chi connectivity index (χ0n) is 10.9. The standard InChI is InChI=1S/C14H16N2O4/c17-12(16(9-13(18)19)11-6-7-11)8-15-14(20)10-4-2-1-3-5-10/h1-5,11H,6-9H2,(H,15,20)(H,18,19). The van der Waals surface area contributed by atoms with Crippen LogP contribution in [0.25, 0.3) is 0 Å². The van der Waals surface area contributed by atoms with Crippen molar-refractivity contribution >= 4 is 17.8 Å². The van der Waals surface area contributed by atoms with Gasteiger partial charge in [-0.15, -0.1) is 0 Å². The number of nitrogens with one attached hydrogen (secondary N) is 1. The molecule has 6 heteroatoms. The molecule has 1 aliphatic carbocycles. The monoisotopic (exact) mass is 276 g/mol. The van der Waals surface area contributed by atoms with Gasteiger partial charge in [0.15, 0.2) is 0 Å². The summed E-state index contributed by atoms with van der Waals surface area (Å²) in [7, 11) is 0. The Balaban J connectivity index is 1.87. The molecule has 6 nitrogen and oxygen atoms in total. The van der Waals surface area contributed by atoms with Crippen LogP contribution in [-0.2, 0) is 9.59 Å². The van der Waals surface area contributed by atoms with Crippen molar-refractivity contribution in [3.05, 3.63) is 35.9 Å². The van der Waals surface area contributed by atoms with Crippen LogP contribution in [0, 0.1) is 0 Å². The fourth-order valence-electron chi connectivity index (χ4n) is 1.90. The van der Waals surface area contributed by atoms with Crippen LogP contribution >= 0.6 is 0 Å². The van der Waals surface area contributed by atoms with Crippen molar-refractivity contribution in [2.24, 2.45) is 0 Å². The number of carbonyl (C=O) groups excluding carboxylic acids is 2. The molecule has 20 heavy (non-hydrogen) atoms. The molecule has 2 rings (SSSR count). The average Bonchev–Trinajstić information content (AvgIpc) is 3.27. The SMILES string of the molecule is O=C(O)CN(C(=O)CNC(=O)c1ccccc1)C1CC1. The topological polar surface area (TPSA) is 86.7 Å². The molecule has 0 heterocycles. The minimum absolute atomic E-state index is 0.00669. The lowest BCUT2D eigenvalue weighted by Crippen LogP contribution is -2.43. The van der Waals surface area contributed by atoms with Gasteiger partial charge in [-0.3, -0.25) is 14.4 Å². The fourth-order valence-corrected chi connectivity index (χ4v) is 1.90. The van der Waals surface area contributed by atoms with E-state index in [0.717, 1.165) is 12.8 Å². The van der Waals surface area contributed by atoms with E-state index in [0.29, 0.717) is 5.56 Å². The highest BCUT2D eigenvalue weighted by atomic mass is 16.4. The van der Waals surface area contributed by atoms with E-state index in [2.05, 4.69) is 5.32 Å². The van der Waals surface area contributed by atoms with Gasteiger partial charge in [-0.1, -0.05) is 18.2 Å². The molecule has 106 valence electrons. The molecule has 0 atom stereocenters. The van der Waals surface area contributed by atoms with Crippen molar-refractivity contribution in [1.82, 2.24) is 10.2 Å². The normalized spacial score (nSPS) is 13.6. The second-order valence-electron chi connectivity index (χ2n) is 4.70. The molecule has 0 spiro atoms. The smallest absolute Gasteiger partial charge is 0.323 e. The summed E-state index contributed by atoms with van der Waals surface area (Å²) < 4.78 is 0. The largest absolute Gasteiger partial charge is 0.480 e. The van der Waals surface area contributed by atoms with Crippen molar-refractivity contribution in [2.45, 2.75) is 18.9 Å². The van der Waals surface area contributed by atoms with Crippen LogP contribution in [0.3, 0.4) is 0 Å². The quantitative estimate of drug-likeness (QED) is 0.791. The molecular weight excluding hydrogens is 260 g/mol. The molecule has 1 aromatic carbocycles. The van der Waals surface area contributed by atoms with Crippen molar-refractivity contribution in [3.8, 4) is 0 Å². The number of carboxylic acids is 1. The highest BCUT2D eigenvalue weighted by molar-refractivity contribution is 5.96. The van der Waals surface area contributed by atoms with E-state index in [9.17, 15) is 14.4 Å². The Morgan fingerprint density at radius 2 is 1.85 bits per heavy atom. The number of carboxylic acid groups (broad SMARTS) is 1. The lowest BCUT2D eigenvalue weighted by Gasteiger charge is -2.20. The van der Waals surface area contributed by atoms with Crippen LogP contribution in [0.4, 0.5) is 0 Å². The molecular formula is C14H16N2O4. The number of hydrogen-bond donors (Lipinski definition) is 2. The first-order chi connectivity index (χ1) is 9.58. The number of hydrogen-bond acceptors (Lipinski definition) is 3. The van der Waals surface area contributed by atoms with Gasteiger partial charge in [0.1, 0.15) is 6.54 Å². The van der Waals surface area contributed by atoms with Gasteiger partial charge in [-0.2, -0.15) is 0 Å². The lowest BCUT2D eigenvalue weighted by molar-refractivity contribution is -0.144. The van der Waals surface area contributed by atoms with E-state index in [4.69, 9.17) is 5.11 Å². The molecule has 1 aromatic rings. The fraction of sp³-hybridized carbons (Fsp3) is 0.357. The third-order valence-corrected chi connectivity index (χ3v) is 3.05. The summed E-state index contributed by atoms with van der Waals surface area (Å²) in [5.74, 6) is -1.75. The predicted octanol–water partition coefficient (Wildman–Crippen LogP) is 0.492. The molecule has 0 saturated heterocycles. The van der Waals surface area contributed by atoms with E-state index in [1.54, 1.807) is 30.3 Å². The van der Waals surface area contributed by atoms with Gasteiger partial charge in [0.25, 0.3) is 5.91 Å². The van der Waals surface area contributed by atoms with Crippen LogP contribution in [0.5, 0.6) is 0 Å². The molecule has 0 aromatic heterocycles. The molecule has 2 N–H and O–H groups in total. The van der Waals surface area contributed by atoms with Gasteiger partial charge in [0.2, 0.25) is 5.91 Å². The Morgan fingerprint density at radius 1 is 1.20 bits per heavy atom. The highest BCUT2D eigenvalue weighted by Gasteiger charge is 2.33. The Hall–Kier alpha value is -2.37.